The predicted octanol–water partition coefficient (Wildman–Crippen LogP) is 2.70. The summed E-state index contributed by atoms with van der Waals surface area (Å²) >= 11 is 1.43. The minimum absolute atomic E-state index is 0.176. The van der Waals surface area contributed by atoms with E-state index >= 15 is 0 Å². The Morgan fingerprint density at radius 1 is 1.27 bits per heavy atom. The Kier molecular flexibility index (Phi) is 4.76. The van der Waals surface area contributed by atoms with Gasteiger partial charge in [-0.1, -0.05) is 11.8 Å². The summed E-state index contributed by atoms with van der Waals surface area (Å²) in [5.74, 6) is 2.76. The average molecular weight is 374 g/mol. The molecule has 0 radical (unpaired) electrons. The van der Waals surface area contributed by atoms with Crippen molar-refractivity contribution in [2.45, 2.75) is 37.4 Å². The van der Waals surface area contributed by atoms with E-state index in [-0.39, 0.29) is 12.7 Å². The van der Waals surface area contributed by atoms with Crippen LogP contribution in [0.15, 0.2) is 23.4 Å². The van der Waals surface area contributed by atoms with Crippen LogP contribution in [0.4, 0.5) is 0 Å². The number of carbonyl (C=O) groups is 1. The lowest BCUT2D eigenvalue weighted by molar-refractivity contribution is -0.131. The molecule has 2 aliphatic heterocycles. The summed E-state index contributed by atoms with van der Waals surface area (Å²) in [4.78, 5) is 14.5. The summed E-state index contributed by atoms with van der Waals surface area (Å²) in [5, 5.41) is 9.27. The predicted molar refractivity (Wildman–Crippen MR) is 98.3 cm³/mol. The van der Waals surface area contributed by atoms with Gasteiger partial charge in [0.05, 0.1) is 5.75 Å². The van der Waals surface area contributed by atoms with Gasteiger partial charge in [-0.15, -0.1) is 10.2 Å². The van der Waals surface area contributed by atoms with E-state index in [0.717, 1.165) is 41.7 Å². The van der Waals surface area contributed by atoms with Crippen molar-refractivity contribution in [2.75, 3.05) is 19.1 Å². The number of carbonyl (C=O) groups excluding carboxylic acids is 1. The molecule has 2 aromatic rings. The van der Waals surface area contributed by atoms with Gasteiger partial charge in [0, 0.05) is 25.2 Å². The summed E-state index contributed by atoms with van der Waals surface area (Å²) in [5.41, 5.74) is 0.909. The maximum absolute atomic E-state index is 12.5. The largest absolute Gasteiger partial charge is 0.454 e. The van der Waals surface area contributed by atoms with Gasteiger partial charge < -0.3 is 18.9 Å². The summed E-state index contributed by atoms with van der Waals surface area (Å²) in [6.07, 6.45) is 3.40. The van der Waals surface area contributed by atoms with E-state index in [0.29, 0.717) is 17.5 Å². The molecule has 0 bridgehead atoms. The average Bonchev–Trinajstić information content (AvgIpc) is 3.26. The van der Waals surface area contributed by atoms with Crippen molar-refractivity contribution in [1.82, 2.24) is 19.7 Å². The number of piperidine rings is 1. The Labute approximate surface area is 156 Å². The van der Waals surface area contributed by atoms with Crippen LogP contribution in [0.25, 0.3) is 11.4 Å². The molecule has 138 valence electrons. The maximum Gasteiger partial charge on any atom is 0.233 e. The Morgan fingerprint density at radius 3 is 2.96 bits per heavy atom. The van der Waals surface area contributed by atoms with Gasteiger partial charge in [-0.25, -0.2) is 0 Å². The summed E-state index contributed by atoms with van der Waals surface area (Å²) < 4.78 is 12.7. The van der Waals surface area contributed by atoms with Crippen LogP contribution in [0.5, 0.6) is 11.5 Å². The highest BCUT2D eigenvalue weighted by Gasteiger charge is 2.24. The van der Waals surface area contributed by atoms with E-state index in [1.807, 2.05) is 34.7 Å². The Bertz CT molecular complexity index is 823. The Morgan fingerprint density at radius 2 is 2.12 bits per heavy atom. The van der Waals surface area contributed by atoms with Gasteiger partial charge in [0.1, 0.15) is 0 Å². The van der Waals surface area contributed by atoms with E-state index in [2.05, 4.69) is 17.1 Å². The fraction of sp³-hybridized carbons (Fsp3) is 0.500. The molecule has 7 nitrogen and oxygen atoms in total. The SMILES string of the molecule is CC1CCCCN1C(=O)CSc1nnc(-c2ccc3c(c2)OCO3)n1C. The molecule has 1 aromatic heterocycles. The lowest BCUT2D eigenvalue weighted by atomic mass is 10.0. The van der Waals surface area contributed by atoms with Crippen LogP contribution in [0.1, 0.15) is 26.2 Å². The van der Waals surface area contributed by atoms with Crippen LogP contribution < -0.4 is 9.47 Å². The third kappa shape index (κ3) is 3.25. The molecule has 1 unspecified atom stereocenters. The monoisotopic (exact) mass is 374 g/mol. The van der Waals surface area contributed by atoms with Crippen LogP contribution in [0.2, 0.25) is 0 Å². The second-order valence-corrected chi connectivity index (χ2v) is 7.60. The molecule has 26 heavy (non-hydrogen) atoms. The lowest BCUT2D eigenvalue weighted by Crippen LogP contribution is -2.42. The molecule has 1 fully saturated rings. The molecule has 0 saturated carbocycles. The van der Waals surface area contributed by atoms with Gasteiger partial charge in [0.2, 0.25) is 12.7 Å². The molecule has 0 N–H and O–H groups in total. The second-order valence-electron chi connectivity index (χ2n) is 6.65. The standard InChI is InChI=1S/C18H22N4O3S/c1-12-5-3-4-8-22(12)16(23)10-26-18-20-19-17(21(18)2)13-6-7-14-15(9-13)25-11-24-14/h6-7,9,12H,3-5,8,10-11H2,1-2H3. The van der Waals surface area contributed by atoms with Gasteiger partial charge in [0.15, 0.2) is 22.5 Å². The van der Waals surface area contributed by atoms with Gasteiger partial charge in [-0.05, 0) is 44.4 Å². The van der Waals surface area contributed by atoms with Crippen molar-refractivity contribution in [3.63, 3.8) is 0 Å². The molecule has 1 amide bonds. The number of fused-ring (bicyclic) bond motifs is 1. The zero-order valence-electron chi connectivity index (χ0n) is 15.0. The number of nitrogens with zero attached hydrogens (tertiary/aromatic N) is 4. The Hall–Kier alpha value is -2.22. The van der Waals surface area contributed by atoms with Gasteiger partial charge in [-0.3, -0.25) is 4.79 Å². The first-order chi connectivity index (χ1) is 12.6. The topological polar surface area (TPSA) is 69.5 Å². The number of thioether (sulfide) groups is 1. The fourth-order valence-electron chi connectivity index (χ4n) is 3.41. The van der Waals surface area contributed by atoms with Gasteiger partial charge >= 0.3 is 0 Å². The molecule has 2 aliphatic rings. The van der Waals surface area contributed by atoms with Crippen molar-refractivity contribution in [3.05, 3.63) is 18.2 Å². The van der Waals surface area contributed by atoms with Crippen molar-refractivity contribution in [1.29, 1.82) is 0 Å². The van der Waals surface area contributed by atoms with Crippen LogP contribution in [0.3, 0.4) is 0 Å². The summed E-state index contributed by atoms with van der Waals surface area (Å²) in [6.45, 7) is 3.24. The minimum atomic E-state index is 0.176. The zero-order valence-corrected chi connectivity index (χ0v) is 15.8. The number of ether oxygens (including phenoxy) is 2. The first kappa shape index (κ1) is 17.2. The number of hydrogen-bond donors (Lipinski definition) is 0. The van der Waals surface area contributed by atoms with Crippen molar-refractivity contribution in [2.24, 2.45) is 7.05 Å². The number of hydrogen-bond acceptors (Lipinski definition) is 6. The number of benzene rings is 1. The van der Waals surface area contributed by atoms with Crippen LogP contribution in [-0.4, -0.2) is 50.7 Å². The maximum atomic E-state index is 12.5. The Balaban J connectivity index is 1.45. The minimum Gasteiger partial charge on any atom is -0.454 e. The molecule has 8 heteroatoms. The number of amides is 1. The molecule has 1 atom stereocenters. The quantitative estimate of drug-likeness (QED) is 0.767. The molecule has 3 heterocycles. The van der Waals surface area contributed by atoms with E-state index in [4.69, 9.17) is 9.47 Å². The molecule has 0 spiro atoms. The third-order valence-corrected chi connectivity index (χ3v) is 5.92. The third-order valence-electron chi connectivity index (χ3n) is 4.91. The van der Waals surface area contributed by atoms with Gasteiger partial charge in [-0.2, -0.15) is 0 Å². The first-order valence-corrected chi connectivity index (χ1v) is 9.83. The van der Waals surface area contributed by atoms with Gasteiger partial charge in [0.25, 0.3) is 0 Å². The molecular formula is C18H22N4O3S. The van der Waals surface area contributed by atoms with E-state index in [9.17, 15) is 4.79 Å². The number of rotatable bonds is 4. The normalized spacial score (nSPS) is 19.0. The molecular weight excluding hydrogens is 352 g/mol. The number of likely N-dealkylation sites (tertiary alicyclic amines) is 1. The van der Waals surface area contributed by atoms with E-state index < -0.39 is 0 Å². The van der Waals surface area contributed by atoms with Crippen LogP contribution >= 0.6 is 11.8 Å². The van der Waals surface area contributed by atoms with Crippen molar-refractivity contribution in [3.8, 4) is 22.9 Å². The highest BCUT2D eigenvalue weighted by atomic mass is 32.2. The second kappa shape index (κ2) is 7.19. The first-order valence-electron chi connectivity index (χ1n) is 8.85. The summed E-state index contributed by atoms with van der Waals surface area (Å²) in [7, 11) is 1.91. The highest BCUT2D eigenvalue weighted by molar-refractivity contribution is 7.99. The van der Waals surface area contributed by atoms with Crippen molar-refractivity contribution >= 4 is 17.7 Å². The molecule has 1 saturated heterocycles. The van der Waals surface area contributed by atoms with E-state index in [1.54, 1.807) is 0 Å². The zero-order chi connectivity index (χ0) is 18.1. The van der Waals surface area contributed by atoms with E-state index in [1.165, 1.54) is 18.2 Å². The highest BCUT2D eigenvalue weighted by Crippen LogP contribution is 2.35. The summed E-state index contributed by atoms with van der Waals surface area (Å²) in [6, 6.07) is 6.05. The van der Waals surface area contributed by atoms with Crippen LogP contribution in [0, 0.1) is 0 Å². The smallest absolute Gasteiger partial charge is 0.233 e. The molecule has 1 aromatic carbocycles. The fourth-order valence-corrected chi connectivity index (χ4v) is 4.20. The van der Waals surface area contributed by atoms with Crippen LogP contribution in [-0.2, 0) is 11.8 Å². The number of aromatic nitrogens is 3. The van der Waals surface area contributed by atoms with Crippen molar-refractivity contribution < 1.29 is 14.3 Å². The molecule has 4 rings (SSSR count). The lowest BCUT2D eigenvalue weighted by Gasteiger charge is -2.33. The molecule has 0 aliphatic carbocycles.